The lowest BCUT2D eigenvalue weighted by molar-refractivity contribution is -0.157. The fourth-order valence-corrected chi connectivity index (χ4v) is 2.57. The lowest BCUT2D eigenvalue weighted by Gasteiger charge is -2.21. The first kappa shape index (κ1) is 21.3. The average molecular weight is 409 g/mol. The summed E-state index contributed by atoms with van der Waals surface area (Å²) >= 11 is 6.23. The zero-order chi connectivity index (χ0) is 20.5. The second kappa shape index (κ2) is 10.4. The summed E-state index contributed by atoms with van der Waals surface area (Å²) in [6.45, 7) is 1.81. The number of carbonyl (C=O) groups is 2. The molecule has 2 aromatic carbocycles. The summed E-state index contributed by atoms with van der Waals surface area (Å²) < 4.78 is 15.5. The number of hydrogen-bond acceptors (Lipinski definition) is 6. The van der Waals surface area contributed by atoms with Crippen molar-refractivity contribution in [1.29, 1.82) is 0 Å². The molecule has 2 aromatic rings. The van der Waals surface area contributed by atoms with Gasteiger partial charge in [-0.25, -0.2) is 15.1 Å². The van der Waals surface area contributed by atoms with Crippen LogP contribution in [0.3, 0.4) is 0 Å². The summed E-state index contributed by atoms with van der Waals surface area (Å²) in [4.78, 5) is 30.0. The molecule has 8 nitrogen and oxygen atoms in total. The van der Waals surface area contributed by atoms with E-state index >= 15 is 0 Å². The van der Waals surface area contributed by atoms with Crippen LogP contribution in [-0.4, -0.2) is 38.0 Å². The molecule has 9 heteroatoms. The van der Waals surface area contributed by atoms with Gasteiger partial charge in [-0.05, 0) is 24.6 Å². The largest absolute Gasteiger partial charge is 0.493 e. The van der Waals surface area contributed by atoms with Gasteiger partial charge in [0.1, 0.15) is 6.61 Å². The summed E-state index contributed by atoms with van der Waals surface area (Å²) in [6.07, 6.45) is -0.879. The van der Waals surface area contributed by atoms with Gasteiger partial charge in [-0.15, -0.1) is 0 Å². The van der Waals surface area contributed by atoms with Gasteiger partial charge < -0.3 is 14.2 Å². The van der Waals surface area contributed by atoms with Crippen molar-refractivity contribution in [2.24, 2.45) is 0 Å². The summed E-state index contributed by atoms with van der Waals surface area (Å²) in [5, 5.41) is 0.659. The van der Waals surface area contributed by atoms with Crippen LogP contribution >= 0.6 is 11.6 Å². The van der Waals surface area contributed by atoms with Crippen LogP contribution in [0.25, 0.3) is 0 Å². The van der Waals surface area contributed by atoms with Crippen LogP contribution in [0.5, 0.6) is 11.5 Å². The molecule has 0 radical (unpaired) electrons. The SMILES string of the molecule is CCON(NC(=O)c1ccc(OC)c(OC)c1Cl)C(=O)OCc1ccccc1. The Bertz CT molecular complexity index is 816. The summed E-state index contributed by atoms with van der Waals surface area (Å²) in [6, 6.07) is 12.1. The van der Waals surface area contributed by atoms with E-state index in [2.05, 4.69) is 5.43 Å². The molecule has 0 atom stereocenters. The zero-order valence-corrected chi connectivity index (χ0v) is 16.5. The lowest BCUT2D eigenvalue weighted by Crippen LogP contribution is -2.46. The highest BCUT2D eigenvalue weighted by Gasteiger charge is 2.23. The van der Waals surface area contributed by atoms with Crippen molar-refractivity contribution in [1.82, 2.24) is 10.6 Å². The number of benzene rings is 2. The molecule has 0 bridgehead atoms. The molecular formula is C19H21ClN2O6. The molecule has 0 saturated heterocycles. The monoisotopic (exact) mass is 408 g/mol. The molecule has 0 aliphatic rings. The number of nitrogens with one attached hydrogen (secondary N) is 1. The minimum Gasteiger partial charge on any atom is -0.493 e. The van der Waals surface area contributed by atoms with Crippen molar-refractivity contribution in [3.63, 3.8) is 0 Å². The van der Waals surface area contributed by atoms with Gasteiger partial charge in [0, 0.05) is 0 Å². The maximum absolute atomic E-state index is 12.6. The highest BCUT2D eigenvalue weighted by Crippen LogP contribution is 2.37. The molecular weight excluding hydrogens is 388 g/mol. The van der Waals surface area contributed by atoms with Gasteiger partial charge >= 0.3 is 6.09 Å². The Balaban J connectivity index is 2.10. The molecule has 0 saturated carbocycles. The molecule has 0 spiro atoms. The number of ether oxygens (including phenoxy) is 3. The topological polar surface area (TPSA) is 86.3 Å². The van der Waals surface area contributed by atoms with Crippen LogP contribution in [0.15, 0.2) is 42.5 Å². The molecule has 0 aromatic heterocycles. The smallest absolute Gasteiger partial charge is 0.454 e. The number of amides is 2. The van der Waals surface area contributed by atoms with E-state index in [0.717, 1.165) is 5.56 Å². The third-order valence-electron chi connectivity index (χ3n) is 3.56. The zero-order valence-electron chi connectivity index (χ0n) is 15.7. The average Bonchev–Trinajstić information content (AvgIpc) is 2.71. The van der Waals surface area contributed by atoms with Crippen LogP contribution in [0.2, 0.25) is 5.02 Å². The van der Waals surface area contributed by atoms with Crippen LogP contribution in [-0.2, 0) is 16.2 Å². The Kier molecular flexibility index (Phi) is 7.91. The van der Waals surface area contributed by atoms with Gasteiger partial charge in [-0.2, -0.15) is 0 Å². The molecule has 0 fully saturated rings. The standard InChI is InChI=1S/C19H21ClN2O6/c1-4-28-22(19(24)27-12-13-8-6-5-7-9-13)21-18(23)14-10-11-15(25-2)17(26-3)16(14)20/h5-11H,4,12H2,1-3H3,(H,21,23). The van der Waals surface area contributed by atoms with Gasteiger partial charge in [-0.1, -0.05) is 47.1 Å². The van der Waals surface area contributed by atoms with Crippen LogP contribution in [0.1, 0.15) is 22.8 Å². The van der Waals surface area contributed by atoms with E-state index in [1.165, 1.54) is 26.4 Å². The van der Waals surface area contributed by atoms with E-state index < -0.39 is 12.0 Å². The Morgan fingerprint density at radius 3 is 2.39 bits per heavy atom. The van der Waals surface area contributed by atoms with Crippen LogP contribution in [0.4, 0.5) is 4.79 Å². The molecule has 150 valence electrons. The maximum atomic E-state index is 12.6. The van der Waals surface area contributed by atoms with Crippen molar-refractivity contribution in [3.05, 3.63) is 58.6 Å². The summed E-state index contributed by atoms with van der Waals surface area (Å²) in [5.74, 6) is -0.115. The van der Waals surface area contributed by atoms with Gasteiger partial charge in [0.15, 0.2) is 11.5 Å². The molecule has 0 unspecified atom stereocenters. The number of halogens is 1. The Hall–Kier alpha value is -2.97. The maximum Gasteiger partial charge on any atom is 0.454 e. The van der Waals surface area contributed by atoms with Crippen molar-refractivity contribution in [2.45, 2.75) is 13.5 Å². The van der Waals surface area contributed by atoms with Crippen LogP contribution in [0, 0.1) is 0 Å². The van der Waals surface area contributed by atoms with E-state index in [0.29, 0.717) is 10.9 Å². The first-order valence-corrected chi connectivity index (χ1v) is 8.74. The van der Waals surface area contributed by atoms with E-state index in [1.54, 1.807) is 19.1 Å². The van der Waals surface area contributed by atoms with Crippen molar-refractivity contribution in [2.75, 3.05) is 20.8 Å². The number of hydrogen-bond donors (Lipinski definition) is 1. The number of rotatable bonds is 7. The minimum atomic E-state index is -0.879. The van der Waals surface area contributed by atoms with Gasteiger partial charge in [0.2, 0.25) is 0 Å². The Labute approximate surface area is 167 Å². The quantitative estimate of drug-likeness (QED) is 0.704. The van der Waals surface area contributed by atoms with Gasteiger partial charge in [-0.3, -0.25) is 4.79 Å². The van der Waals surface area contributed by atoms with Crippen molar-refractivity contribution < 1.29 is 28.6 Å². The van der Waals surface area contributed by atoms with Gasteiger partial charge in [0.25, 0.3) is 5.91 Å². The molecule has 1 N–H and O–H groups in total. The fourth-order valence-electron chi connectivity index (χ4n) is 2.25. The highest BCUT2D eigenvalue weighted by molar-refractivity contribution is 6.35. The molecule has 0 aliphatic carbocycles. The summed E-state index contributed by atoms with van der Waals surface area (Å²) in [7, 11) is 2.85. The third kappa shape index (κ3) is 5.28. The normalized spacial score (nSPS) is 10.1. The summed E-state index contributed by atoms with van der Waals surface area (Å²) in [5.41, 5.74) is 3.18. The number of hydrazine groups is 1. The lowest BCUT2D eigenvalue weighted by atomic mass is 10.2. The van der Waals surface area contributed by atoms with Crippen molar-refractivity contribution >= 4 is 23.6 Å². The van der Waals surface area contributed by atoms with E-state index in [1.807, 2.05) is 18.2 Å². The fraction of sp³-hybridized carbons (Fsp3) is 0.263. The molecule has 2 rings (SSSR count). The van der Waals surface area contributed by atoms with E-state index in [4.69, 9.17) is 30.6 Å². The molecule has 2 amide bonds. The number of carbonyl (C=O) groups excluding carboxylic acids is 2. The molecule has 28 heavy (non-hydrogen) atoms. The van der Waals surface area contributed by atoms with E-state index in [9.17, 15) is 9.59 Å². The Morgan fingerprint density at radius 1 is 1.07 bits per heavy atom. The predicted octanol–water partition coefficient (Wildman–Crippen LogP) is 3.59. The first-order valence-electron chi connectivity index (χ1n) is 8.37. The number of hydroxylamine groups is 1. The first-order chi connectivity index (χ1) is 13.5. The highest BCUT2D eigenvalue weighted by atomic mass is 35.5. The van der Waals surface area contributed by atoms with Crippen LogP contribution < -0.4 is 14.9 Å². The van der Waals surface area contributed by atoms with Crippen molar-refractivity contribution in [3.8, 4) is 11.5 Å². The Morgan fingerprint density at radius 2 is 1.79 bits per heavy atom. The predicted molar refractivity (Wildman–Crippen MR) is 102 cm³/mol. The third-order valence-corrected chi connectivity index (χ3v) is 3.94. The second-order valence-electron chi connectivity index (χ2n) is 5.36. The second-order valence-corrected chi connectivity index (χ2v) is 5.73. The van der Waals surface area contributed by atoms with E-state index in [-0.39, 0.29) is 29.5 Å². The minimum absolute atomic E-state index is 0.0240. The number of methoxy groups -OCH3 is 2. The van der Waals surface area contributed by atoms with Gasteiger partial charge in [0.05, 0.1) is 31.4 Å². The number of nitrogens with zero attached hydrogens (tertiary/aromatic N) is 1. The molecule has 0 aliphatic heterocycles. The molecule has 0 heterocycles.